The number of alkyl carbamates (subject to hydrolysis) is 1. The van der Waals surface area contributed by atoms with Crippen LogP contribution in [0.4, 0.5) is 10.5 Å². The number of hydrogen-bond acceptors (Lipinski definition) is 5. The molecule has 1 rings (SSSR count). The lowest BCUT2D eigenvalue weighted by atomic mass is 10.2. The van der Waals surface area contributed by atoms with Gasteiger partial charge in [-0.15, -0.1) is 0 Å². The number of carbonyl (C=O) groups is 1. The Hall–Kier alpha value is -2.11. The Labute approximate surface area is 125 Å². The maximum absolute atomic E-state index is 11.5. The van der Waals surface area contributed by atoms with Gasteiger partial charge in [-0.3, -0.25) is 0 Å². The third-order valence-corrected chi connectivity index (χ3v) is 2.52. The SMILES string of the molecule is COc1ccc(NCCNC(=O)OC(C)(C)C)c(OC)c1. The Morgan fingerprint density at radius 1 is 1.14 bits per heavy atom. The predicted octanol–water partition coefficient (Wildman–Crippen LogP) is 2.64. The highest BCUT2D eigenvalue weighted by Crippen LogP contribution is 2.28. The summed E-state index contributed by atoms with van der Waals surface area (Å²) in [5, 5.41) is 5.86. The second-order valence-corrected chi connectivity index (χ2v) is 5.42. The molecule has 1 amide bonds. The summed E-state index contributed by atoms with van der Waals surface area (Å²) < 4.78 is 15.6. The maximum Gasteiger partial charge on any atom is 0.407 e. The normalized spacial score (nSPS) is 10.7. The Morgan fingerprint density at radius 2 is 1.86 bits per heavy atom. The molecule has 0 atom stereocenters. The second kappa shape index (κ2) is 7.61. The van der Waals surface area contributed by atoms with E-state index in [1.165, 1.54) is 0 Å². The number of methoxy groups -OCH3 is 2. The van der Waals surface area contributed by atoms with Gasteiger partial charge in [0, 0.05) is 19.2 Å². The van der Waals surface area contributed by atoms with Crippen LogP contribution in [-0.2, 0) is 4.74 Å². The van der Waals surface area contributed by atoms with Crippen molar-refractivity contribution in [3.8, 4) is 11.5 Å². The first-order valence-electron chi connectivity index (χ1n) is 6.78. The molecule has 2 N–H and O–H groups in total. The van der Waals surface area contributed by atoms with Gasteiger partial charge >= 0.3 is 6.09 Å². The third-order valence-electron chi connectivity index (χ3n) is 2.52. The smallest absolute Gasteiger partial charge is 0.407 e. The van der Waals surface area contributed by atoms with E-state index in [0.717, 1.165) is 11.4 Å². The van der Waals surface area contributed by atoms with Crippen LogP contribution in [0.15, 0.2) is 18.2 Å². The van der Waals surface area contributed by atoms with E-state index in [1.807, 2.05) is 32.9 Å². The molecule has 0 aromatic heterocycles. The minimum Gasteiger partial charge on any atom is -0.497 e. The Balaban J connectivity index is 2.41. The highest BCUT2D eigenvalue weighted by Gasteiger charge is 2.15. The summed E-state index contributed by atoms with van der Waals surface area (Å²) in [6.07, 6.45) is -0.425. The van der Waals surface area contributed by atoms with Crippen molar-refractivity contribution in [3.05, 3.63) is 18.2 Å². The van der Waals surface area contributed by atoms with Crippen LogP contribution < -0.4 is 20.1 Å². The van der Waals surface area contributed by atoms with Crippen LogP contribution in [0.25, 0.3) is 0 Å². The molecule has 0 aliphatic heterocycles. The molecule has 0 spiro atoms. The molecule has 6 heteroatoms. The standard InChI is InChI=1S/C15H24N2O4/c1-15(2,3)21-14(18)17-9-8-16-12-7-6-11(19-4)10-13(12)20-5/h6-7,10,16H,8-9H2,1-5H3,(H,17,18). The summed E-state index contributed by atoms with van der Waals surface area (Å²) >= 11 is 0. The van der Waals surface area contributed by atoms with E-state index in [1.54, 1.807) is 20.3 Å². The first-order chi connectivity index (χ1) is 9.85. The fraction of sp³-hybridized carbons (Fsp3) is 0.533. The monoisotopic (exact) mass is 296 g/mol. The third kappa shape index (κ3) is 6.25. The highest BCUT2D eigenvalue weighted by atomic mass is 16.6. The summed E-state index contributed by atoms with van der Waals surface area (Å²) in [4.78, 5) is 11.5. The lowest BCUT2D eigenvalue weighted by Gasteiger charge is -2.19. The minimum absolute atomic E-state index is 0.425. The highest BCUT2D eigenvalue weighted by molar-refractivity contribution is 5.67. The zero-order valence-corrected chi connectivity index (χ0v) is 13.3. The van der Waals surface area contributed by atoms with Crippen LogP contribution in [0.3, 0.4) is 0 Å². The average molecular weight is 296 g/mol. The van der Waals surface area contributed by atoms with Crippen molar-refractivity contribution in [1.29, 1.82) is 0 Å². The summed E-state index contributed by atoms with van der Waals surface area (Å²) in [5.74, 6) is 1.41. The molecule has 21 heavy (non-hydrogen) atoms. The van der Waals surface area contributed by atoms with Gasteiger partial charge in [0.1, 0.15) is 17.1 Å². The molecule has 0 saturated carbocycles. The molecule has 118 valence electrons. The van der Waals surface area contributed by atoms with Crippen LogP contribution in [0.5, 0.6) is 11.5 Å². The summed E-state index contributed by atoms with van der Waals surface area (Å²) in [6.45, 7) is 6.49. The number of carbonyl (C=O) groups excluding carboxylic acids is 1. The number of hydrogen-bond donors (Lipinski definition) is 2. The zero-order chi connectivity index (χ0) is 15.9. The molecule has 6 nitrogen and oxygen atoms in total. The van der Waals surface area contributed by atoms with Crippen molar-refractivity contribution in [2.45, 2.75) is 26.4 Å². The fourth-order valence-corrected chi connectivity index (χ4v) is 1.62. The molecule has 0 unspecified atom stereocenters. The molecular weight excluding hydrogens is 272 g/mol. The lowest BCUT2D eigenvalue weighted by molar-refractivity contribution is 0.0530. The number of benzene rings is 1. The van der Waals surface area contributed by atoms with Gasteiger partial charge in [-0.2, -0.15) is 0 Å². The van der Waals surface area contributed by atoms with Crippen LogP contribution in [-0.4, -0.2) is 39.0 Å². The molecule has 1 aromatic rings. The second-order valence-electron chi connectivity index (χ2n) is 5.42. The lowest BCUT2D eigenvalue weighted by Crippen LogP contribution is -2.35. The summed E-state index contributed by atoms with van der Waals surface area (Å²) in [7, 11) is 3.20. The van der Waals surface area contributed by atoms with Gasteiger partial charge < -0.3 is 24.8 Å². The summed E-state index contributed by atoms with van der Waals surface area (Å²) in [6, 6.07) is 5.50. The van der Waals surface area contributed by atoms with E-state index in [-0.39, 0.29) is 0 Å². The molecule has 0 bridgehead atoms. The Kier molecular flexibility index (Phi) is 6.14. The van der Waals surface area contributed by atoms with Gasteiger partial charge in [0.05, 0.1) is 19.9 Å². The number of amides is 1. The first-order valence-corrected chi connectivity index (χ1v) is 6.78. The van der Waals surface area contributed by atoms with E-state index in [9.17, 15) is 4.79 Å². The van der Waals surface area contributed by atoms with Crippen molar-refractivity contribution < 1.29 is 19.0 Å². The van der Waals surface area contributed by atoms with Crippen molar-refractivity contribution in [2.75, 3.05) is 32.6 Å². The van der Waals surface area contributed by atoms with Crippen LogP contribution in [0, 0.1) is 0 Å². The number of nitrogens with one attached hydrogen (secondary N) is 2. The first kappa shape index (κ1) is 16.9. The molecular formula is C15H24N2O4. The summed E-state index contributed by atoms with van der Waals surface area (Å²) in [5.41, 5.74) is 0.348. The topological polar surface area (TPSA) is 68.8 Å². The van der Waals surface area contributed by atoms with Gasteiger partial charge in [0.15, 0.2) is 0 Å². The number of ether oxygens (including phenoxy) is 3. The quantitative estimate of drug-likeness (QED) is 0.790. The van der Waals surface area contributed by atoms with Gasteiger partial charge in [-0.25, -0.2) is 4.79 Å². The number of anilines is 1. The van der Waals surface area contributed by atoms with Gasteiger partial charge in [0.2, 0.25) is 0 Å². The molecule has 0 aliphatic carbocycles. The molecule has 0 heterocycles. The van der Waals surface area contributed by atoms with E-state index >= 15 is 0 Å². The van der Waals surface area contributed by atoms with E-state index in [4.69, 9.17) is 14.2 Å². The van der Waals surface area contributed by atoms with E-state index < -0.39 is 11.7 Å². The van der Waals surface area contributed by atoms with Crippen molar-refractivity contribution >= 4 is 11.8 Å². The van der Waals surface area contributed by atoms with Crippen molar-refractivity contribution in [3.63, 3.8) is 0 Å². The average Bonchev–Trinajstić information content (AvgIpc) is 2.41. The minimum atomic E-state index is -0.489. The predicted molar refractivity (Wildman–Crippen MR) is 82.3 cm³/mol. The molecule has 0 fully saturated rings. The molecule has 1 aromatic carbocycles. The van der Waals surface area contributed by atoms with Crippen molar-refractivity contribution in [2.24, 2.45) is 0 Å². The van der Waals surface area contributed by atoms with Gasteiger partial charge in [0.25, 0.3) is 0 Å². The van der Waals surface area contributed by atoms with Crippen LogP contribution >= 0.6 is 0 Å². The Bertz CT molecular complexity index is 469. The van der Waals surface area contributed by atoms with Crippen LogP contribution in [0.2, 0.25) is 0 Å². The van der Waals surface area contributed by atoms with E-state index in [0.29, 0.717) is 18.8 Å². The van der Waals surface area contributed by atoms with Crippen molar-refractivity contribution in [1.82, 2.24) is 5.32 Å². The molecule has 0 saturated heterocycles. The maximum atomic E-state index is 11.5. The fourth-order valence-electron chi connectivity index (χ4n) is 1.62. The largest absolute Gasteiger partial charge is 0.497 e. The van der Waals surface area contributed by atoms with Gasteiger partial charge in [-0.1, -0.05) is 0 Å². The Morgan fingerprint density at radius 3 is 2.43 bits per heavy atom. The number of rotatable bonds is 6. The van der Waals surface area contributed by atoms with Crippen LogP contribution in [0.1, 0.15) is 20.8 Å². The van der Waals surface area contributed by atoms with Gasteiger partial charge in [-0.05, 0) is 32.9 Å². The molecule has 0 aliphatic rings. The zero-order valence-electron chi connectivity index (χ0n) is 13.3. The van der Waals surface area contributed by atoms with E-state index in [2.05, 4.69) is 10.6 Å². The molecule has 0 radical (unpaired) electrons.